The molecule has 0 unspecified atom stereocenters. The summed E-state index contributed by atoms with van der Waals surface area (Å²) in [5.41, 5.74) is 2.38. The summed E-state index contributed by atoms with van der Waals surface area (Å²) in [7, 11) is -3.82. The predicted octanol–water partition coefficient (Wildman–Crippen LogP) is 5.01. The van der Waals surface area contributed by atoms with E-state index in [1.807, 2.05) is 54.6 Å². The molecule has 9 heteroatoms. The third-order valence-corrected chi connectivity index (χ3v) is 6.23. The highest BCUT2D eigenvalue weighted by atomic mass is 32.2. The third kappa shape index (κ3) is 6.81. The summed E-state index contributed by atoms with van der Waals surface area (Å²) in [5, 5.41) is 6.32. The van der Waals surface area contributed by atoms with Crippen molar-refractivity contribution in [1.29, 1.82) is 0 Å². The number of carbonyl (C=O) groups excluding carboxylic acids is 1. The van der Waals surface area contributed by atoms with Gasteiger partial charge in [0.1, 0.15) is 18.1 Å². The zero-order chi connectivity index (χ0) is 24.7. The van der Waals surface area contributed by atoms with Gasteiger partial charge in [-0.15, -0.1) is 0 Å². The SMILES string of the molecule is Cc1cc(NS(=O)(=O)c2ccc(NC(=O)C=Cc3ccc(OCc4ccccc4)cc3)cc2)no1. The fraction of sp³-hybridized carbons (Fsp3) is 0.0769. The van der Waals surface area contributed by atoms with Gasteiger partial charge >= 0.3 is 0 Å². The van der Waals surface area contributed by atoms with Crippen molar-refractivity contribution in [2.75, 3.05) is 10.0 Å². The summed E-state index contributed by atoms with van der Waals surface area (Å²) in [6.45, 7) is 2.14. The van der Waals surface area contributed by atoms with Crippen molar-refractivity contribution >= 4 is 33.5 Å². The topological polar surface area (TPSA) is 111 Å². The first-order valence-electron chi connectivity index (χ1n) is 10.7. The average Bonchev–Trinajstić information content (AvgIpc) is 3.26. The number of benzene rings is 3. The van der Waals surface area contributed by atoms with Gasteiger partial charge in [-0.05, 0) is 60.5 Å². The van der Waals surface area contributed by atoms with E-state index in [1.54, 1.807) is 13.0 Å². The molecule has 4 aromatic rings. The molecule has 178 valence electrons. The van der Waals surface area contributed by atoms with Crippen LogP contribution >= 0.6 is 0 Å². The number of nitrogens with one attached hydrogen (secondary N) is 2. The van der Waals surface area contributed by atoms with Gasteiger partial charge in [-0.1, -0.05) is 47.6 Å². The highest BCUT2D eigenvalue weighted by Gasteiger charge is 2.16. The van der Waals surface area contributed by atoms with Gasteiger partial charge in [-0.3, -0.25) is 9.52 Å². The van der Waals surface area contributed by atoms with E-state index in [2.05, 4.69) is 15.2 Å². The molecular formula is C26H23N3O5S. The molecular weight excluding hydrogens is 466 g/mol. The maximum Gasteiger partial charge on any atom is 0.263 e. The molecule has 4 rings (SSSR count). The molecule has 0 saturated carbocycles. The van der Waals surface area contributed by atoms with Crippen molar-refractivity contribution in [1.82, 2.24) is 5.16 Å². The van der Waals surface area contributed by atoms with E-state index in [-0.39, 0.29) is 16.6 Å². The van der Waals surface area contributed by atoms with Gasteiger partial charge < -0.3 is 14.6 Å². The number of rotatable bonds is 9. The lowest BCUT2D eigenvalue weighted by Crippen LogP contribution is -2.13. The van der Waals surface area contributed by atoms with E-state index in [0.29, 0.717) is 18.1 Å². The fourth-order valence-corrected chi connectivity index (χ4v) is 4.08. The quantitative estimate of drug-likeness (QED) is 0.320. The van der Waals surface area contributed by atoms with Crippen molar-refractivity contribution in [2.45, 2.75) is 18.4 Å². The van der Waals surface area contributed by atoms with Crippen molar-refractivity contribution in [2.24, 2.45) is 0 Å². The van der Waals surface area contributed by atoms with Gasteiger partial charge in [0.05, 0.1) is 4.90 Å². The second-order valence-electron chi connectivity index (χ2n) is 7.62. The zero-order valence-corrected chi connectivity index (χ0v) is 19.7. The van der Waals surface area contributed by atoms with Crippen LogP contribution in [0.1, 0.15) is 16.9 Å². The molecule has 2 N–H and O–H groups in total. The summed E-state index contributed by atoms with van der Waals surface area (Å²) >= 11 is 0. The summed E-state index contributed by atoms with van der Waals surface area (Å²) in [5.74, 6) is 0.974. The number of hydrogen-bond donors (Lipinski definition) is 2. The van der Waals surface area contributed by atoms with Crippen molar-refractivity contribution in [3.63, 3.8) is 0 Å². The van der Waals surface area contributed by atoms with Crippen LogP contribution in [0.25, 0.3) is 6.08 Å². The molecule has 0 atom stereocenters. The second-order valence-corrected chi connectivity index (χ2v) is 9.30. The minimum atomic E-state index is -3.82. The molecule has 0 aliphatic rings. The maximum absolute atomic E-state index is 12.4. The van der Waals surface area contributed by atoms with E-state index in [0.717, 1.165) is 16.9 Å². The molecule has 1 heterocycles. The fourth-order valence-electron chi connectivity index (χ4n) is 3.10. The second kappa shape index (κ2) is 10.7. The van der Waals surface area contributed by atoms with Gasteiger partial charge in [0, 0.05) is 17.8 Å². The number of anilines is 2. The van der Waals surface area contributed by atoms with E-state index in [1.165, 1.54) is 36.4 Å². The first-order chi connectivity index (χ1) is 16.9. The zero-order valence-electron chi connectivity index (χ0n) is 18.8. The van der Waals surface area contributed by atoms with Crippen LogP contribution in [0.15, 0.2) is 100 Å². The first kappa shape index (κ1) is 23.8. The Kier molecular flexibility index (Phi) is 7.27. The molecule has 35 heavy (non-hydrogen) atoms. The molecule has 0 bridgehead atoms. The lowest BCUT2D eigenvalue weighted by Gasteiger charge is -2.07. The molecule has 1 aromatic heterocycles. The average molecular weight is 490 g/mol. The molecule has 8 nitrogen and oxygen atoms in total. The summed E-state index contributed by atoms with van der Waals surface area (Å²) in [6.07, 6.45) is 3.08. The van der Waals surface area contributed by atoms with Crippen LogP contribution in [0, 0.1) is 6.92 Å². The number of hydrogen-bond acceptors (Lipinski definition) is 6. The van der Waals surface area contributed by atoms with E-state index < -0.39 is 10.0 Å². The lowest BCUT2D eigenvalue weighted by atomic mass is 10.2. The van der Waals surface area contributed by atoms with E-state index >= 15 is 0 Å². The van der Waals surface area contributed by atoms with Crippen molar-refractivity contribution in [3.8, 4) is 5.75 Å². The van der Waals surface area contributed by atoms with Crippen LogP contribution in [-0.2, 0) is 21.4 Å². The molecule has 0 fully saturated rings. The number of aryl methyl sites for hydroxylation is 1. The summed E-state index contributed by atoms with van der Waals surface area (Å²) < 4.78 is 37.8. The van der Waals surface area contributed by atoms with Gasteiger partial charge in [-0.2, -0.15) is 0 Å². The van der Waals surface area contributed by atoms with Gasteiger partial charge in [0.2, 0.25) is 5.91 Å². The van der Waals surface area contributed by atoms with E-state index in [9.17, 15) is 13.2 Å². The minimum Gasteiger partial charge on any atom is -0.489 e. The first-order valence-corrected chi connectivity index (χ1v) is 12.2. The Morgan fingerprint density at radius 1 is 1.00 bits per heavy atom. The Hall–Kier alpha value is -4.37. The number of sulfonamides is 1. The third-order valence-electron chi connectivity index (χ3n) is 4.85. The largest absolute Gasteiger partial charge is 0.489 e. The van der Waals surface area contributed by atoms with Crippen molar-refractivity contribution < 1.29 is 22.5 Å². The van der Waals surface area contributed by atoms with Crippen LogP contribution < -0.4 is 14.8 Å². The smallest absolute Gasteiger partial charge is 0.263 e. The molecule has 0 saturated heterocycles. The van der Waals surface area contributed by atoms with Crippen LogP contribution in [0.4, 0.5) is 11.5 Å². The summed E-state index contributed by atoms with van der Waals surface area (Å²) in [6, 6.07) is 24.6. The molecule has 0 aliphatic heterocycles. The van der Waals surface area contributed by atoms with Gasteiger partial charge in [-0.25, -0.2) is 8.42 Å². The van der Waals surface area contributed by atoms with Gasteiger partial charge in [0.25, 0.3) is 10.0 Å². The predicted molar refractivity (Wildman–Crippen MR) is 133 cm³/mol. The normalized spacial score (nSPS) is 11.3. The number of nitrogens with zero attached hydrogens (tertiary/aromatic N) is 1. The Labute approximate surface area is 203 Å². The highest BCUT2D eigenvalue weighted by molar-refractivity contribution is 7.92. The van der Waals surface area contributed by atoms with Crippen molar-refractivity contribution in [3.05, 3.63) is 108 Å². The number of amides is 1. The van der Waals surface area contributed by atoms with Gasteiger partial charge in [0.15, 0.2) is 5.82 Å². The Bertz CT molecular complexity index is 1410. The Morgan fingerprint density at radius 3 is 2.37 bits per heavy atom. The number of carbonyl (C=O) groups is 1. The monoisotopic (exact) mass is 489 g/mol. The highest BCUT2D eigenvalue weighted by Crippen LogP contribution is 2.19. The van der Waals surface area contributed by atoms with Crippen LogP contribution in [0.2, 0.25) is 0 Å². The van der Waals surface area contributed by atoms with Crippen LogP contribution in [0.3, 0.4) is 0 Å². The number of aromatic nitrogens is 1. The summed E-state index contributed by atoms with van der Waals surface area (Å²) in [4.78, 5) is 12.3. The minimum absolute atomic E-state index is 0.0290. The lowest BCUT2D eigenvalue weighted by molar-refractivity contribution is -0.111. The molecule has 3 aromatic carbocycles. The molecule has 0 aliphatic carbocycles. The van der Waals surface area contributed by atoms with Crippen LogP contribution in [-0.4, -0.2) is 19.5 Å². The standard InChI is InChI=1S/C26H23N3O5S/c1-19-17-25(28-34-19)29-35(31,32)24-14-10-22(11-15-24)27-26(30)16-9-20-7-12-23(13-8-20)33-18-21-5-3-2-4-6-21/h2-17H,18H2,1H3,(H,27,30)(H,28,29). The Morgan fingerprint density at radius 2 is 1.71 bits per heavy atom. The maximum atomic E-state index is 12.4. The molecule has 0 spiro atoms. The number of ether oxygens (including phenoxy) is 1. The Balaban J connectivity index is 1.29. The van der Waals surface area contributed by atoms with Crippen LogP contribution in [0.5, 0.6) is 5.75 Å². The van der Waals surface area contributed by atoms with E-state index in [4.69, 9.17) is 9.26 Å². The molecule has 1 amide bonds. The molecule has 0 radical (unpaired) electrons.